The minimum Gasteiger partial charge on any atom is -0.481 e. The van der Waals surface area contributed by atoms with Gasteiger partial charge in [-0.15, -0.1) is 11.3 Å². The van der Waals surface area contributed by atoms with Crippen molar-refractivity contribution in [3.05, 3.63) is 44.8 Å². The number of benzene rings is 1. The normalized spacial score (nSPS) is 15.1. The molecule has 5 nitrogen and oxygen atoms in total. The first-order chi connectivity index (χ1) is 13.4. The molecule has 0 aliphatic heterocycles. The third kappa shape index (κ3) is 4.67. The molecule has 3 rings (SSSR count). The minimum atomic E-state index is -0.731. The van der Waals surface area contributed by atoms with Crippen LogP contribution in [0.4, 0.5) is 5.00 Å². The molecular formula is C21H25ClN2O3S. The quantitative estimate of drug-likeness (QED) is 0.723. The predicted octanol–water partition coefficient (Wildman–Crippen LogP) is 4.87. The molecule has 28 heavy (non-hydrogen) atoms. The summed E-state index contributed by atoms with van der Waals surface area (Å²) in [5.74, 6) is -0.206. The van der Waals surface area contributed by atoms with Crippen molar-refractivity contribution >= 4 is 39.8 Å². The number of rotatable bonds is 5. The van der Waals surface area contributed by atoms with E-state index >= 15 is 0 Å². The Hall–Kier alpha value is -2.05. The summed E-state index contributed by atoms with van der Waals surface area (Å²) in [6.45, 7) is 3.55. The third-order valence-electron chi connectivity index (χ3n) is 4.96. The number of carbonyl (C=O) groups excluding carboxylic acids is 2. The highest BCUT2D eigenvalue weighted by molar-refractivity contribution is 7.17. The molecule has 0 bridgehead atoms. The molecule has 1 unspecified atom stereocenters. The van der Waals surface area contributed by atoms with Gasteiger partial charge in [0.05, 0.1) is 5.56 Å². The number of hydrogen-bond acceptors (Lipinski definition) is 4. The molecule has 1 aromatic carbocycles. The lowest BCUT2D eigenvalue weighted by molar-refractivity contribution is -0.122. The number of halogens is 1. The first kappa shape index (κ1) is 20.7. The molecule has 0 saturated carbocycles. The van der Waals surface area contributed by atoms with E-state index in [0.29, 0.717) is 21.3 Å². The van der Waals surface area contributed by atoms with Gasteiger partial charge in [0.15, 0.2) is 6.10 Å². The topological polar surface area (TPSA) is 81.4 Å². The van der Waals surface area contributed by atoms with Crippen molar-refractivity contribution in [1.29, 1.82) is 0 Å². The van der Waals surface area contributed by atoms with Gasteiger partial charge in [0.25, 0.3) is 11.8 Å². The van der Waals surface area contributed by atoms with Gasteiger partial charge in [-0.25, -0.2) is 0 Å². The Bertz CT molecular complexity index is 894. The SMILES string of the molecule is Cc1cc(Cl)ccc1OC(C)C(=O)Nc1sc2c(c1C(N)=O)CCCCCC2. The van der Waals surface area contributed by atoms with Gasteiger partial charge in [0, 0.05) is 9.90 Å². The zero-order valence-electron chi connectivity index (χ0n) is 16.1. The van der Waals surface area contributed by atoms with E-state index in [4.69, 9.17) is 22.1 Å². The Morgan fingerprint density at radius 3 is 2.61 bits per heavy atom. The number of fused-ring (bicyclic) bond motifs is 1. The van der Waals surface area contributed by atoms with Crippen LogP contribution in [0, 0.1) is 6.92 Å². The number of nitrogens with two attached hydrogens (primary N) is 1. The molecular weight excluding hydrogens is 396 g/mol. The second-order valence-electron chi connectivity index (χ2n) is 7.15. The smallest absolute Gasteiger partial charge is 0.265 e. The Labute approximate surface area is 174 Å². The van der Waals surface area contributed by atoms with Gasteiger partial charge >= 0.3 is 0 Å². The second kappa shape index (κ2) is 8.97. The Morgan fingerprint density at radius 2 is 1.93 bits per heavy atom. The van der Waals surface area contributed by atoms with E-state index in [2.05, 4.69) is 5.32 Å². The van der Waals surface area contributed by atoms with Gasteiger partial charge < -0.3 is 15.8 Å². The lowest BCUT2D eigenvalue weighted by atomic mass is 9.96. The molecule has 1 aliphatic carbocycles. The van der Waals surface area contributed by atoms with Gasteiger partial charge in [-0.3, -0.25) is 9.59 Å². The molecule has 2 amide bonds. The zero-order valence-corrected chi connectivity index (χ0v) is 17.7. The van der Waals surface area contributed by atoms with Gasteiger partial charge in [0.2, 0.25) is 0 Å². The van der Waals surface area contributed by atoms with E-state index in [-0.39, 0.29) is 5.91 Å². The number of nitrogens with one attached hydrogen (secondary N) is 1. The van der Waals surface area contributed by atoms with Crippen LogP contribution in [0.25, 0.3) is 0 Å². The summed E-state index contributed by atoms with van der Waals surface area (Å²) < 4.78 is 5.79. The number of primary amides is 1. The van der Waals surface area contributed by atoms with Crippen LogP contribution in [0.15, 0.2) is 18.2 Å². The maximum Gasteiger partial charge on any atom is 0.265 e. The molecule has 0 saturated heterocycles. The molecule has 1 atom stereocenters. The number of hydrogen-bond donors (Lipinski definition) is 2. The standard InChI is InChI=1S/C21H25ClN2O3S/c1-12-11-14(22)9-10-16(12)27-13(2)20(26)24-21-18(19(23)25)15-7-5-3-4-6-8-17(15)28-21/h9-11,13H,3-8H2,1-2H3,(H2,23,25)(H,24,26). The lowest BCUT2D eigenvalue weighted by Gasteiger charge is -2.16. The summed E-state index contributed by atoms with van der Waals surface area (Å²) in [6.07, 6.45) is 5.49. The van der Waals surface area contributed by atoms with Crippen LogP contribution < -0.4 is 15.8 Å². The maximum atomic E-state index is 12.7. The number of thiophene rings is 1. The van der Waals surface area contributed by atoms with E-state index in [1.807, 2.05) is 6.92 Å². The van der Waals surface area contributed by atoms with E-state index in [9.17, 15) is 9.59 Å². The van der Waals surface area contributed by atoms with E-state index in [0.717, 1.165) is 48.1 Å². The number of anilines is 1. The van der Waals surface area contributed by atoms with Gasteiger partial charge in [0.1, 0.15) is 10.8 Å². The van der Waals surface area contributed by atoms with Crippen LogP contribution in [-0.2, 0) is 17.6 Å². The Morgan fingerprint density at radius 1 is 1.21 bits per heavy atom. The van der Waals surface area contributed by atoms with E-state index < -0.39 is 12.0 Å². The van der Waals surface area contributed by atoms with Gasteiger partial charge in [-0.2, -0.15) is 0 Å². The highest BCUT2D eigenvalue weighted by Crippen LogP contribution is 2.37. The van der Waals surface area contributed by atoms with Crippen LogP contribution in [0.5, 0.6) is 5.75 Å². The summed E-state index contributed by atoms with van der Waals surface area (Å²) in [6, 6.07) is 5.25. The molecule has 150 valence electrons. The monoisotopic (exact) mass is 420 g/mol. The van der Waals surface area contributed by atoms with E-state index in [1.54, 1.807) is 25.1 Å². The Kier molecular flexibility index (Phi) is 6.62. The number of ether oxygens (including phenoxy) is 1. The highest BCUT2D eigenvalue weighted by atomic mass is 35.5. The first-order valence-electron chi connectivity index (χ1n) is 9.55. The molecule has 3 N–H and O–H groups in total. The molecule has 1 heterocycles. The number of aryl methyl sites for hydroxylation is 2. The third-order valence-corrected chi connectivity index (χ3v) is 6.41. The first-order valence-corrected chi connectivity index (χ1v) is 10.7. The van der Waals surface area contributed by atoms with Crippen molar-refractivity contribution in [3.8, 4) is 5.75 Å². The summed E-state index contributed by atoms with van der Waals surface area (Å²) in [7, 11) is 0. The summed E-state index contributed by atoms with van der Waals surface area (Å²) in [4.78, 5) is 26.0. The van der Waals surface area contributed by atoms with Gasteiger partial charge in [-0.05, 0) is 68.9 Å². The van der Waals surface area contributed by atoms with Crippen molar-refractivity contribution in [2.45, 2.75) is 58.5 Å². The van der Waals surface area contributed by atoms with Crippen molar-refractivity contribution in [3.63, 3.8) is 0 Å². The van der Waals surface area contributed by atoms with Crippen LogP contribution in [0.1, 0.15) is 59.0 Å². The highest BCUT2D eigenvalue weighted by Gasteiger charge is 2.25. The number of carbonyl (C=O) groups is 2. The molecule has 0 radical (unpaired) electrons. The van der Waals surface area contributed by atoms with Crippen molar-refractivity contribution < 1.29 is 14.3 Å². The fourth-order valence-corrected chi connectivity index (χ4v) is 4.99. The predicted molar refractivity (Wildman–Crippen MR) is 114 cm³/mol. The van der Waals surface area contributed by atoms with Crippen LogP contribution >= 0.6 is 22.9 Å². The fraction of sp³-hybridized carbons (Fsp3) is 0.429. The Balaban J connectivity index is 1.79. The van der Waals surface area contributed by atoms with Crippen LogP contribution in [0.2, 0.25) is 5.02 Å². The fourth-order valence-electron chi connectivity index (χ4n) is 3.47. The second-order valence-corrected chi connectivity index (χ2v) is 8.69. The van der Waals surface area contributed by atoms with Crippen molar-refractivity contribution in [2.24, 2.45) is 5.73 Å². The molecule has 7 heteroatoms. The van der Waals surface area contributed by atoms with Crippen molar-refractivity contribution in [1.82, 2.24) is 0 Å². The molecule has 0 spiro atoms. The van der Waals surface area contributed by atoms with Crippen LogP contribution in [0.3, 0.4) is 0 Å². The minimum absolute atomic E-state index is 0.314. The summed E-state index contributed by atoms with van der Waals surface area (Å²) in [5.41, 5.74) is 7.98. The van der Waals surface area contributed by atoms with Crippen molar-refractivity contribution in [2.75, 3.05) is 5.32 Å². The van der Waals surface area contributed by atoms with Gasteiger partial charge in [-0.1, -0.05) is 24.4 Å². The molecule has 1 aromatic heterocycles. The average molecular weight is 421 g/mol. The summed E-state index contributed by atoms with van der Waals surface area (Å²) >= 11 is 7.43. The zero-order chi connectivity index (χ0) is 20.3. The molecule has 1 aliphatic rings. The lowest BCUT2D eigenvalue weighted by Crippen LogP contribution is -2.31. The molecule has 0 fully saturated rings. The largest absolute Gasteiger partial charge is 0.481 e. The number of amides is 2. The van der Waals surface area contributed by atoms with E-state index in [1.165, 1.54) is 17.8 Å². The molecule has 2 aromatic rings. The maximum absolute atomic E-state index is 12.7. The van der Waals surface area contributed by atoms with Crippen LogP contribution in [-0.4, -0.2) is 17.9 Å². The average Bonchev–Trinajstić information content (AvgIpc) is 2.93. The summed E-state index contributed by atoms with van der Waals surface area (Å²) in [5, 5.41) is 4.02.